The fraction of sp³-hybridized carbons (Fsp3) is 0.538. The Morgan fingerprint density at radius 2 is 2.00 bits per heavy atom. The third-order valence-corrected chi connectivity index (χ3v) is 5.91. The number of ether oxygens (including phenoxy) is 2. The van der Waals surface area contributed by atoms with Gasteiger partial charge in [0.1, 0.15) is 10.6 Å². The number of halogens is 1. The second-order valence-corrected chi connectivity index (χ2v) is 7.54. The molecule has 1 aromatic rings. The van der Waals surface area contributed by atoms with Crippen LogP contribution in [0.15, 0.2) is 27.6 Å². The minimum atomic E-state index is -3.58. The highest BCUT2D eigenvalue weighted by Gasteiger charge is 2.31. The van der Waals surface area contributed by atoms with E-state index in [1.54, 1.807) is 25.2 Å². The first-order chi connectivity index (χ1) is 9.46. The van der Waals surface area contributed by atoms with E-state index in [1.807, 2.05) is 0 Å². The average Bonchev–Trinajstić information content (AvgIpc) is 2.47. The van der Waals surface area contributed by atoms with E-state index >= 15 is 0 Å². The molecule has 1 saturated heterocycles. The number of benzene rings is 1. The lowest BCUT2D eigenvalue weighted by atomic mass is 10.1. The van der Waals surface area contributed by atoms with Gasteiger partial charge in [0.15, 0.2) is 0 Å². The van der Waals surface area contributed by atoms with Crippen molar-refractivity contribution in [2.75, 3.05) is 27.4 Å². The van der Waals surface area contributed by atoms with Crippen LogP contribution in [-0.4, -0.2) is 46.1 Å². The molecule has 0 radical (unpaired) electrons. The maximum atomic E-state index is 12.7. The molecular formula is C13H18BrNO4S. The predicted octanol–water partition coefficient (Wildman–Crippen LogP) is 2.26. The Labute approximate surface area is 128 Å². The number of hydrogen-bond donors (Lipinski definition) is 0. The van der Waals surface area contributed by atoms with Gasteiger partial charge >= 0.3 is 0 Å². The molecule has 0 amide bonds. The van der Waals surface area contributed by atoms with E-state index in [1.165, 1.54) is 11.4 Å². The minimum absolute atomic E-state index is 0.0302. The van der Waals surface area contributed by atoms with Crippen molar-refractivity contribution in [1.29, 1.82) is 0 Å². The summed E-state index contributed by atoms with van der Waals surface area (Å²) in [5.74, 6) is 0.354. The standard InChI is InChI=1S/C13H18BrNO4S/c1-15(11-5-7-19-8-6-11)20(16,17)13-9-10(14)3-4-12(13)18-2/h3-4,9,11H,5-8H2,1-2H3. The summed E-state index contributed by atoms with van der Waals surface area (Å²) in [6.07, 6.45) is 1.43. The molecule has 0 atom stereocenters. The van der Waals surface area contributed by atoms with Crippen molar-refractivity contribution in [3.8, 4) is 5.75 Å². The Bertz CT molecular complexity index is 570. The highest BCUT2D eigenvalue weighted by Crippen LogP contribution is 2.31. The molecule has 112 valence electrons. The quantitative estimate of drug-likeness (QED) is 0.823. The predicted molar refractivity (Wildman–Crippen MR) is 79.5 cm³/mol. The Hall–Kier alpha value is -0.630. The Morgan fingerprint density at radius 1 is 1.35 bits per heavy atom. The summed E-state index contributed by atoms with van der Waals surface area (Å²) in [5.41, 5.74) is 0. The molecule has 0 bridgehead atoms. The van der Waals surface area contributed by atoms with Gasteiger partial charge in [0.05, 0.1) is 7.11 Å². The highest BCUT2D eigenvalue weighted by molar-refractivity contribution is 9.10. The van der Waals surface area contributed by atoms with Gasteiger partial charge in [-0.1, -0.05) is 15.9 Å². The maximum Gasteiger partial charge on any atom is 0.246 e. The molecular weight excluding hydrogens is 346 g/mol. The van der Waals surface area contributed by atoms with E-state index in [0.717, 1.165) is 0 Å². The van der Waals surface area contributed by atoms with Crippen LogP contribution >= 0.6 is 15.9 Å². The van der Waals surface area contributed by atoms with Gasteiger partial charge in [-0.3, -0.25) is 0 Å². The SMILES string of the molecule is COc1ccc(Br)cc1S(=O)(=O)N(C)C1CCOCC1. The van der Waals surface area contributed by atoms with E-state index in [4.69, 9.17) is 9.47 Å². The summed E-state index contributed by atoms with van der Waals surface area (Å²) in [6.45, 7) is 1.19. The van der Waals surface area contributed by atoms with Gasteiger partial charge in [0.2, 0.25) is 10.0 Å². The van der Waals surface area contributed by atoms with E-state index in [2.05, 4.69) is 15.9 Å². The minimum Gasteiger partial charge on any atom is -0.495 e. The van der Waals surface area contributed by atoms with Crippen LogP contribution in [0, 0.1) is 0 Å². The lowest BCUT2D eigenvalue weighted by Gasteiger charge is -2.30. The third-order valence-electron chi connectivity index (χ3n) is 3.49. The van der Waals surface area contributed by atoms with Crippen molar-refractivity contribution in [1.82, 2.24) is 4.31 Å². The summed E-state index contributed by atoms with van der Waals surface area (Å²) < 4.78 is 38.1. The van der Waals surface area contributed by atoms with Crippen LogP contribution in [0.1, 0.15) is 12.8 Å². The fourth-order valence-corrected chi connectivity index (χ4v) is 4.36. The maximum absolute atomic E-state index is 12.7. The Morgan fingerprint density at radius 3 is 2.60 bits per heavy atom. The molecule has 0 spiro atoms. The van der Waals surface area contributed by atoms with Crippen molar-refractivity contribution in [3.63, 3.8) is 0 Å². The molecule has 2 rings (SSSR count). The molecule has 0 aromatic heterocycles. The van der Waals surface area contributed by atoms with Crippen LogP contribution in [0.25, 0.3) is 0 Å². The number of nitrogens with zero attached hydrogens (tertiary/aromatic N) is 1. The van der Waals surface area contributed by atoms with E-state index in [9.17, 15) is 8.42 Å². The van der Waals surface area contributed by atoms with Crippen molar-refractivity contribution >= 4 is 26.0 Å². The van der Waals surface area contributed by atoms with Gasteiger partial charge in [0.25, 0.3) is 0 Å². The third kappa shape index (κ3) is 3.16. The fourth-order valence-electron chi connectivity index (χ4n) is 2.25. The van der Waals surface area contributed by atoms with Gasteiger partial charge in [0, 0.05) is 30.8 Å². The normalized spacial score (nSPS) is 17.4. The molecule has 7 heteroatoms. The number of methoxy groups -OCH3 is 1. The molecule has 20 heavy (non-hydrogen) atoms. The lowest BCUT2D eigenvalue weighted by Crippen LogP contribution is -2.40. The second kappa shape index (κ2) is 6.43. The average molecular weight is 364 g/mol. The van der Waals surface area contributed by atoms with Crippen LogP contribution in [0.3, 0.4) is 0 Å². The molecule has 0 aliphatic carbocycles. The molecule has 1 fully saturated rings. The number of rotatable bonds is 4. The van der Waals surface area contributed by atoms with Crippen LogP contribution in [0.4, 0.5) is 0 Å². The van der Waals surface area contributed by atoms with E-state index in [-0.39, 0.29) is 10.9 Å². The first-order valence-electron chi connectivity index (χ1n) is 6.36. The van der Waals surface area contributed by atoms with Crippen LogP contribution in [0.5, 0.6) is 5.75 Å². The van der Waals surface area contributed by atoms with Gasteiger partial charge < -0.3 is 9.47 Å². The zero-order valence-corrected chi connectivity index (χ0v) is 13.9. The first kappa shape index (κ1) is 15.8. The summed E-state index contributed by atoms with van der Waals surface area (Å²) in [6, 6.07) is 4.95. The lowest BCUT2D eigenvalue weighted by molar-refractivity contribution is 0.0632. The van der Waals surface area contributed by atoms with E-state index < -0.39 is 10.0 Å². The summed E-state index contributed by atoms with van der Waals surface area (Å²) in [7, 11) is -0.495. The van der Waals surface area contributed by atoms with Crippen LogP contribution < -0.4 is 4.74 Å². The van der Waals surface area contributed by atoms with Crippen LogP contribution in [0.2, 0.25) is 0 Å². The molecule has 1 heterocycles. The van der Waals surface area contributed by atoms with Crippen molar-refractivity contribution in [2.24, 2.45) is 0 Å². The van der Waals surface area contributed by atoms with Gasteiger partial charge in [-0.15, -0.1) is 0 Å². The van der Waals surface area contributed by atoms with Gasteiger partial charge in [-0.25, -0.2) is 8.42 Å². The first-order valence-corrected chi connectivity index (χ1v) is 8.59. The monoisotopic (exact) mass is 363 g/mol. The molecule has 1 aliphatic heterocycles. The largest absolute Gasteiger partial charge is 0.495 e. The van der Waals surface area contributed by atoms with E-state index in [0.29, 0.717) is 36.3 Å². The molecule has 1 aliphatic rings. The molecule has 0 unspecified atom stereocenters. The van der Waals surface area contributed by atoms with Crippen molar-refractivity contribution < 1.29 is 17.9 Å². The second-order valence-electron chi connectivity index (χ2n) is 4.66. The topological polar surface area (TPSA) is 55.8 Å². The number of hydrogen-bond acceptors (Lipinski definition) is 4. The highest BCUT2D eigenvalue weighted by atomic mass is 79.9. The smallest absolute Gasteiger partial charge is 0.246 e. The van der Waals surface area contributed by atoms with Crippen molar-refractivity contribution in [3.05, 3.63) is 22.7 Å². The number of sulfonamides is 1. The summed E-state index contributed by atoms with van der Waals surface area (Å²) in [4.78, 5) is 0.184. The zero-order chi connectivity index (χ0) is 14.8. The molecule has 0 saturated carbocycles. The summed E-state index contributed by atoms with van der Waals surface area (Å²) in [5, 5.41) is 0. The van der Waals surface area contributed by atoms with Crippen molar-refractivity contribution in [2.45, 2.75) is 23.8 Å². The van der Waals surface area contributed by atoms with Crippen LogP contribution in [-0.2, 0) is 14.8 Å². The Kier molecular flexibility index (Phi) is 5.06. The summed E-state index contributed by atoms with van der Waals surface area (Å²) >= 11 is 3.30. The zero-order valence-electron chi connectivity index (χ0n) is 11.5. The van der Waals surface area contributed by atoms with Gasteiger partial charge in [-0.05, 0) is 31.0 Å². The molecule has 5 nitrogen and oxygen atoms in total. The van der Waals surface area contributed by atoms with Gasteiger partial charge in [-0.2, -0.15) is 4.31 Å². The molecule has 0 N–H and O–H groups in total. The Balaban J connectivity index is 2.36. The molecule has 1 aromatic carbocycles.